The molecule has 5 unspecified atom stereocenters. The summed E-state index contributed by atoms with van der Waals surface area (Å²) in [5.74, 6) is 3.59. The molecule has 2 heteroatoms. The van der Waals surface area contributed by atoms with Crippen molar-refractivity contribution in [3.05, 3.63) is 29.3 Å². The van der Waals surface area contributed by atoms with E-state index in [0.29, 0.717) is 10.7 Å². The molecule has 0 spiro atoms. The molecule has 0 aliphatic heterocycles. The lowest BCUT2D eigenvalue weighted by atomic mass is 9.56. The molecular weight excluding hydrogens is 276 g/mol. The van der Waals surface area contributed by atoms with Crippen LogP contribution in [0.15, 0.2) is 18.2 Å². The first-order valence-electron chi connectivity index (χ1n) is 8.48. The van der Waals surface area contributed by atoms with Crippen molar-refractivity contribution in [3.63, 3.8) is 0 Å². The second kappa shape index (κ2) is 4.94. The molecule has 0 heterocycles. The second-order valence-electron chi connectivity index (χ2n) is 7.62. The fourth-order valence-electron chi connectivity index (χ4n) is 5.66. The summed E-state index contributed by atoms with van der Waals surface area (Å²) < 4.78 is 5.41. The van der Waals surface area contributed by atoms with Crippen molar-refractivity contribution in [2.75, 3.05) is 7.11 Å². The van der Waals surface area contributed by atoms with Crippen molar-refractivity contribution >= 4 is 12.6 Å². The fraction of sp³-hybridized carbons (Fsp3) is 0.684. The zero-order valence-electron chi connectivity index (χ0n) is 13.1. The minimum Gasteiger partial charge on any atom is -0.497 e. The van der Waals surface area contributed by atoms with E-state index < -0.39 is 0 Å². The second-order valence-corrected chi connectivity index (χ2v) is 8.24. The van der Waals surface area contributed by atoms with Crippen molar-refractivity contribution in [2.24, 2.45) is 17.3 Å². The van der Waals surface area contributed by atoms with Crippen LogP contribution < -0.4 is 4.74 Å². The Balaban J connectivity index is 1.68. The summed E-state index contributed by atoms with van der Waals surface area (Å²) in [7, 11) is 1.77. The molecule has 0 N–H and O–H groups in total. The number of hydrogen-bond donors (Lipinski definition) is 1. The van der Waals surface area contributed by atoms with Crippen LogP contribution in [0.4, 0.5) is 0 Å². The van der Waals surface area contributed by atoms with E-state index in [-0.39, 0.29) is 0 Å². The fourth-order valence-corrected chi connectivity index (χ4v) is 6.13. The molecule has 3 aliphatic carbocycles. The van der Waals surface area contributed by atoms with Gasteiger partial charge in [0, 0.05) is 5.25 Å². The Morgan fingerprint density at radius 2 is 2.05 bits per heavy atom. The summed E-state index contributed by atoms with van der Waals surface area (Å²) >= 11 is 4.92. The van der Waals surface area contributed by atoms with Crippen LogP contribution in [0.25, 0.3) is 0 Å². The Morgan fingerprint density at radius 1 is 1.19 bits per heavy atom. The Labute approximate surface area is 133 Å². The van der Waals surface area contributed by atoms with Gasteiger partial charge < -0.3 is 4.74 Å². The Hall–Kier alpha value is -0.630. The van der Waals surface area contributed by atoms with Gasteiger partial charge in [0.05, 0.1) is 7.11 Å². The molecule has 1 aromatic carbocycles. The smallest absolute Gasteiger partial charge is 0.119 e. The minimum absolute atomic E-state index is 0.494. The molecule has 0 amide bonds. The predicted octanol–water partition coefficient (Wildman–Crippen LogP) is 4.85. The maximum Gasteiger partial charge on any atom is 0.119 e. The molecule has 0 saturated heterocycles. The highest BCUT2D eigenvalue weighted by molar-refractivity contribution is 7.81. The van der Waals surface area contributed by atoms with Crippen LogP contribution in [0.3, 0.4) is 0 Å². The number of benzene rings is 1. The summed E-state index contributed by atoms with van der Waals surface area (Å²) in [6.45, 7) is 2.52. The van der Waals surface area contributed by atoms with Gasteiger partial charge in [-0.05, 0) is 85.0 Å². The van der Waals surface area contributed by atoms with Crippen LogP contribution in [-0.2, 0) is 6.42 Å². The van der Waals surface area contributed by atoms with Gasteiger partial charge in [0.25, 0.3) is 0 Å². The highest BCUT2D eigenvalue weighted by Gasteiger charge is 2.53. The molecule has 0 bridgehead atoms. The zero-order chi connectivity index (χ0) is 14.6. The van der Waals surface area contributed by atoms with Crippen molar-refractivity contribution in [2.45, 2.75) is 56.6 Å². The lowest BCUT2D eigenvalue weighted by Crippen LogP contribution is -2.42. The molecule has 3 aliphatic rings. The maximum absolute atomic E-state index is 5.41. The number of thiol groups is 1. The first-order chi connectivity index (χ1) is 10.1. The average molecular weight is 302 g/mol. The summed E-state index contributed by atoms with van der Waals surface area (Å²) in [5, 5.41) is 0.626. The standard InChI is InChI=1S/C19H26OS/c1-19-10-9-15-14-6-4-13(20-2)11-12(14)3-5-16(15)17(19)7-8-18(19)21/h4,6,11,15-18,21H,3,5,7-10H2,1-2H3. The van der Waals surface area contributed by atoms with E-state index in [0.717, 1.165) is 23.5 Å². The SMILES string of the molecule is COc1ccc2c(c1)CCC1C2CCC2(C)C(S)CCC12. The quantitative estimate of drug-likeness (QED) is 0.730. The first kappa shape index (κ1) is 14.0. The molecule has 1 aromatic rings. The molecule has 1 nitrogen and oxygen atoms in total. The van der Waals surface area contributed by atoms with E-state index in [1.807, 2.05) is 0 Å². The number of fused-ring (bicyclic) bond motifs is 5. The highest BCUT2D eigenvalue weighted by Crippen LogP contribution is 2.62. The molecule has 5 atom stereocenters. The Kier molecular flexibility index (Phi) is 3.29. The monoisotopic (exact) mass is 302 g/mol. The van der Waals surface area contributed by atoms with E-state index in [2.05, 4.69) is 25.1 Å². The minimum atomic E-state index is 0.494. The highest BCUT2D eigenvalue weighted by atomic mass is 32.1. The van der Waals surface area contributed by atoms with Gasteiger partial charge in [0.1, 0.15) is 5.75 Å². The average Bonchev–Trinajstić information content (AvgIpc) is 2.82. The van der Waals surface area contributed by atoms with Crippen molar-refractivity contribution in [1.29, 1.82) is 0 Å². The molecule has 2 fully saturated rings. The Morgan fingerprint density at radius 3 is 2.86 bits per heavy atom. The Bertz CT molecular complexity index is 554. The van der Waals surface area contributed by atoms with Crippen LogP contribution in [0.2, 0.25) is 0 Å². The summed E-state index contributed by atoms with van der Waals surface area (Å²) in [5.41, 5.74) is 3.66. The van der Waals surface area contributed by atoms with Gasteiger partial charge in [0.15, 0.2) is 0 Å². The van der Waals surface area contributed by atoms with E-state index in [1.54, 1.807) is 18.2 Å². The largest absolute Gasteiger partial charge is 0.497 e. The van der Waals surface area contributed by atoms with Crippen LogP contribution in [0, 0.1) is 17.3 Å². The molecule has 114 valence electrons. The van der Waals surface area contributed by atoms with Gasteiger partial charge in [-0.15, -0.1) is 0 Å². The normalized spacial score (nSPS) is 41.1. The van der Waals surface area contributed by atoms with Gasteiger partial charge in [-0.25, -0.2) is 0 Å². The zero-order valence-corrected chi connectivity index (χ0v) is 14.0. The van der Waals surface area contributed by atoms with Gasteiger partial charge in [-0.1, -0.05) is 13.0 Å². The molecule has 0 radical (unpaired) electrons. The molecule has 4 rings (SSSR count). The van der Waals surface area contributed by atoms with E-state index in [1.165, 1.54) is 38.5 Å². The van der Waals surface area contributed by atoms with Gasteiger partial charge in [0.2, 0.25) is 0 Å². The maximum atomic E-state index is 5.41. The molecule has 2 saturated carbocycles. The molecule has 0 aromatic heterocycles. The van der Waals surface area contributed by atoms with Crippen LogP contribution in [-0.4, -0.2) is 12.4 Å². The third-order valence-corrected chi connectivity index (χ3v) is 7.73. The predicted molar refractivity (Wildman–Crippen MR) is 90.4 cm³/mol. The van der Waals surface area contributed by atoms with Gasteiger partial charge >= 0.3 is 0 Å². The summed E-state index contributed by atoms with van der Waals surface area (Å²) in [4.78, 5) is 0. The molecular formula is C19H26OS. The topological polar surface area (TPSA) is 9.23 Å². The third kappa shape index (κ3) is 1.98. The number of methoxy groups -OCH3 is 1. The number of hydrogen-bond acceptors (Lipinski definition) is 2. The van der Waals surface area contributed by atoms with E-state index in [9.17, 15) is 0 Å². The van der Waals surface area contributed by atoms with E-state index in [4.69, 9.17) is 17.4 Å². The van der Waals surface area contributed by atoms with Crippen LogP contribution in [0.1, 0.15) is 56.1 Å². The van der Waals surface area contributed by atoms with E-state index >= 15 is 0 Å². The first-order valence-corrected chi connectivity index (χ1v) is 9.00. The molecule has 21 heavy (non-hydrogen) atoms. The summed E-state index contributed by atoms with van der Waals surface area (Å²) in [6, 6.07) is 6.78. The van der Waals surface area contributed by atoms with Crippen LogP contribution in [0.5, 0.6) is 5.75 Å². The third-order valence-electron chi connectivity index (χ3n) is 6.88. The lowest BCUT2D eigenvalue weighted by molar-refractivity contribution is 0.0633. The van der Waals surface area contributed by atoms with Crippen molar-refractivity contribution in [1.82, 2.24) is 0 Å². The summed E-state index contributed by atoms with van der Waals surface area (Å²) in [6.07, 6.45) is 8.04. The van der Waals surface area contributed by atoms with Crippen LogP contribution >= 0.6 is 12.6 Å². The van der Waals surface area contributed by atoms with Crippen molar-refractivity contribution in [3.8, 4) is 5.75 Å². The number of rotatable bonds is 1. The number of ether oxygens (including phenoxy) is 1. The van der Waals surface area contributed by atoms with Gasteiger partial charge in [-0.2, -0.15) is 12.6 Å². The van der Waals surface area contributed by atoms with Gasteiger partial charge in [-0.3, -0.25) is 0 Å². The van der Waals surface area contributed by atoms with Crippen molar-refractivity contribution < 1.29 is 4.74 Å². The lowest BCUT2D eigenvalue weighted by Gasteiger charge is -2.50. The number of aryl methyl sites for hydroxylation is 1.